The summed E-state index contributed by atoms with van der Waals surface area (Å²) in [5.74, 6) is -2.83. The van der Waals surface area contributed by atoms with Crippen molar-refractivity contribution in [2.24, 2.45) is 0 Å². The van der Waals surface area contributed by atoms with Crippen LogP contribution in [-0.4, -0.2) is 40.0 Å². The van der Waals surface area contributed by atoms with E-state index in [2.05, 4.69) is 5.32 Å². The summed E-state index contributed by atoms with van der Waals surface area (Å²) in [7, 11) is 0. The molecule has 1 aliphatic heterocycles. The second-order valence-corrected chi connectivity index (χ2v) is 9.20. The molecule has 0 saturated carbocycles. The Kier molecular flexibility index (Phi) is 6.07. The topological polar surface area (TPSA) is 71.4 Å². The van der Waals surface area contributed by atoms with Gasteiger partial charge < -0.3 is 9.88 Å². The summed E-state index contributed by atoms with van der Waals surface area (Å²) >= 11 is 1.60. The lowest BCUT2D eigenvalue weighted by atomic mass is 9.91. The highest BCUT2D eigenvalue weighted by Gasteiger charge is 2.51. The number of rotatable bonds is 6. The lowest BCUT2D eigenvalue weighted by Gasteiger charge is -2.22. The van der Waals surface area contributed by atoms with Gasteiger partial charge >= 0.3 is 6.03 Å². The van der Waals surface area contributed by atoms with Gasteiger partial charge in [0.2, 0.25) is 0 Å². The van der Waals surface area contributed by atoms with Gasteiger partial charge in [-0.2, -0.15) is 0 Å². The fourth-order valence-electron chi connectivity index (χ4n) is 4.32. The van der Waals surface area contributed by atoms with Crippen LogP contribution in [-0.2, 0) is 10.3 Å². The third-order valence-electron chi connectivity index (χ3n) is 6.09. The quantitative estimate of drug-likeness (QED) is 0.312. The third-order valence-corrected chi connectivity index (χ3v) is 6.81. The molecule has 4 rings (SSSR count). The van der Waals surface area contributed by atoms with Crippen LogP contribution in [0, 0.1) is 25.5 Å². The predicted octanol–water partition coefficient (Wildman–Crippen LogP) is 4.74. The van der Waals surface area contributed by atoms with E-state index in [1.165, 1.54) is 6.92 Å². The number of nitrogens with zero attached hydrogens (tertiary/aromatic N) is 2. The van der Waals surface area contributed by atoms with Gasteiger partial charge in [-0.25, -0.2) is 13.6 Å². The summed E-state index contributed by atoms with van der Waals surface area (Å²) in [4.78, 5) is 40.7. The molecule has 1 atom stereocenters. The number of urea groups is 1. The largest absolute Gasteiger partial charge is 0.325 e. The van der Waals surface area contributed by atoms with Crippen LogP contribution < -0.4 is 5.32 Å². The van der Waals surface area contributed by atoms with Crippen LogP contribution in [0.4, 0.5) is 13.6 Å². The van der Waals surface area contributed by atoms with Gasteiger partial charge in [0.05, 0.1) is 6.54 Å². The van der Waals surface area contributed by atoms with E-state index in [0.29, 0.717) is 11.3 Å². The van der Waals surface area contributed by atoms with E-state index >= 15 is 0 Å². The van der Waals surface area contributed by atoms with Crippen molar-refractivity contribution in [1.29, 1.82) is 0 Å². The Hall–Kier alpha value is -3.46. The molecule has 176 valence electrons. The molecular weight excluding hydrogens is 460 g/mol. The second-order valence-electron chi connectivity index (χ2n) is 8.32. The molecule has 3 amide bonds. The van der Waals surface area contributed by atoms with Crippen LogP contribution in [0.1, 0.15) is 34.2 Å². The number of thioether (sulfide) groups is 1. The normalized spacial score (nSPS) is 17.9. The Morgan fingerprint density at radius 1 is 1.09 bits per heavy atom. The van der Waals surface area contributed by atoms with Crippen LogP contribution in [0.2, 0.25) is 0 Å². The maximum atomic E-state index is 14.4. The maximum absolute atomic E-state index is 14.4. The Balaban J connectivity index is 1.63. The highest BCUT2D eigenvalue weighted by atomic mass is 32.2. The number of carbonyl (C=O) groups excluding carboxylic acids is 3. The molecule has 1 unspecified atom stereocenters. The molecular formula is C25H23F2N3O3S. The van der Waals surface area contributed by atoms with Gasteiger partial charge in [-0.3, -0.25) is 14.5 Å². The molecule has 0 bridgehead atoms. The average Bonchev–Trinajstić information content (AvgIpc) is 3.22. The van der Waals surface area contributed by atoms with Crippen molar-refractivity contribution in [1.82, 2.24) is 14.8 Å². The lowest BCUT2D eigenvalue weighted by molar-refractivity contribution is -0.130. The molecule has 1 N–H and O–H groups in total. The summed E-state index contributed by atoms with van der Waals surface area (Å²) < 4.78 is 30.0. The SMILES string of the molecule is CSc1cccc(-n2c(C)cc(C(=O)CN3C(=O)NC(C)(c4cc(F)ccc4F)C3=O)c2C)c1. The summed E-state index contributed by atoms with van der Waals surface area (Å²) in [6.07, 6.45) is 1.98. The van der Waals surface area contributed by atoms with Gasteiger partial charge in [-0.1, -0.05) is 6.07 Å². The zero-order valence-corrected chi connectivity index (χ0v) is 19.9. The number of aromatic nitrogens is 1. The first-order valence-corrected chi connectivity index (χ1v) is 11.8. The average molecular weight is 484 g/mol. The number of amides is 3. The molecule has 3 aromatic rings. The molecule has 2 aromatic carbocycles. The first-order valence-electron chi connectivity index (χ1n) is 10.5. The minimum Gasteiger partial charge on any atom is -0.319 e. The zero-order valence-electron chi connectivity index (χ0n) is 19.1. The number of benzene rings is 2. The van der Waals surface area contributed by atoms with Gasteiger partial charge in [0.25, 0.3) is 5.91 Å². The standard InChI is InChI=1S/C25H23F2N3O3S/c1-14-10-19(15(2)30(14)17-6-5-7-18(12-17)34-4)22(31)13-29-23(32)25(3,28-24(29)33)20-11-16(26)8-9-21(20)27/h5-12H,13H2,1-4H3,(H,28,33). The molecule has 0 spiro atoms. The summed E-state index contributed by atoms with van der Waals surface area (Å²) in [5, 5.41) is 2.41. The Bertz CT molecular complexity index is 1340. The number of Topliss-reactive ketones (excluding diaryl/α,β-unsaturated/α-hetero) is 1. The van der Waals surface area contributed by atoms with Crippen LogP contribution in [0.25, 0.3) is 5.69 Å². The second kappa shape index (κ2) is 8.72. The monoisotopic (exact) mass is 483 g/mol. The van der Waals surface area contributed by atoms with Crippen molar-refractivity contribution in [3.8, 4) is 5.69 Å². The first-order chi connectivity index (χ1) is 16.1. The number of carbonyl (C=O) groups is 3. The number of nitrogens with one attached hydrogen (secondary N) is 1. The third kappa shape index (κ3) is 3.90. The molecule has 1 aromatic heterocycles. The number of ketones is 1. The minimum absolute atomic E-state index is 0.298. The predicted molar refractivity (Wildman–Crippen MR) is 125 cm³/mol. The Morgan fingerprint density at radius 3 is 2.53 bits per heavy atom. The maximum Gasteiger partial charge on any atom is 0.325 e. The van der Waals surface area contributed by atoms with Gasteiger partial charge in [-0.05, 0) is 69.5 Å². The van der Waals surface area contributed by atoms with E-state index in [-0.39, 0.29) is 5.56 Å². The van der Waals surface area contributed by atoms with E-state index in [1.807, 2.05) is 42.0 Å². The molecule has 6 nitrogen and oxygen atoms in total. The summed E-state index contributed by atoms with van der Waals surface area (Å²) in [6.45, 7) is 4.43. The van der Waals surface area contributed by atoms with Crippen LogP contribution in [0.5, 0.6) is 0 Å². The summed E-state index contributed by atoms with van der Waals surface area (Å²) in [6, 6.07) is 11.4. The van der Waals surface area contributed by atoms with Gasteiger partial charge in [0.15, 0.2) is 5.78 Å². The van der Waals surface area contributed by atoms with Crippen molar-refractivity contribution in [2.75, 3.05) is 12.8 Å². The molecule has 0 radical (unpaired) electrons. The number of imide groups is 1. The van der Waals surface area contributed by atoms with Crippen molar-refractivity contribution >= 4 is 29.5 Å². The van der Waals surface area contributed by atoms with E-state index < -0.39 is 41.4 Å². The highest BCUT2D eigenvalue weighted by molar-refractivity contribution is 7.98. The van der Waals surface area contributed by atoms with E-state index in [9.17, 15) is 23.2 Å². The van der Waals surface area contributed by atoms with Crippen molar-refractivity contribution in [3.63, 3.8) is 0 Å². The number of hydrogen-bond donors (Lipinski definition) is 1. The molecule has 9 heteroatoms. The fraction of sp³-hybridized carbons (Fsp3) is 0.240. The van der Waals surface area contributed by atoms with E-state index in [0.717, 1.165) is 39.4 Å². The molecule has 1 saturated heterocycles. The highest BCUT2D eigenvalue weighted by Crippen LogP contribution is 2.32. The molecule has 1 fully saturated rings. The lowest BCUT2D eigenvalue weighted by Crippen LogP contribution is -2.42. The molecule has 0 aliphatic carbocycles. The zero-order chi connectivity index (χ0) is 24.8. The van der Waals surface area contributed by atoms with Gasteiger partial charge in [-0.15, -0.1) is 11.8 Å². The summed E-state index contributed by atoms with van der Waals surface area (Å²) in [5.41, 5.74) is 0.643. The molecule has 1 aliphatic rings. The Labute approximate surface area is 199 Å². The van der Waals surface area contributed by atoms with Crippen molar-refractivity contribution < 1.29 is 23.2 Å². The number of halogens is 2. The first kappa shape index (κ1) is 23.7. The smallest absolute Gasteiger partial charge is 0.319 e. The molecule has 34 heavy (non-hydrogen) atoms. The molecule has 2 heterocycles. The van der Waals surface area contributed by atoms with E-state index in [1.54, 1.807) is 24.8 Å². The van der Waals surface area contributed by atoms with Crippen molar-refractivity contribution in [3.05, 3.63) is 82.7 Å². The van der Waals surface area contributed by atoms with Crippen LogP contribution in [0.3, 0.4) is 0 Å². The minimum atomic E-state index is -1.82. The number of hydrogen-bond acceptors (Lipinski definition) is 4. The Morgan fingerprint density at radius 2 is 1.82 bits per heavy atom. The van der Waals surface area contributed by atoms with Crippen molar-refractivity contribution in [2.45, 2.75) is 31.2 Å². The van der Waals surface area contributed by atoms with Crippen LogP contribution in [0.15, 0.2) is 53.4 Å². The van der Waals surface area contributed by atoms with Gasteiger partial charge in [0.1, 0.15) is 17.2 Å². The van der Waals surface area contributed by atoms with E-state index in [4.69, 9.17) is 0 Å². The van der Waals surface area contributed by atoms with Crippen LogP contribution >= 0.6 is 11.8 Å². The number of aryl methyl sites for hydroxylation is 1. The van der Waals surface area contributed by atoms with Gasteiger partial charge in [0, 0.05) is 33.1 Å². The fourth-order valence-corrected chi connectivity index (χ4v) is 4.78.